The highest BCUT2D eigenvalue weighted by molar-refractivity contribution is 5.82. The molecule has 1 aliphatic carbocycles. The van der Waals surface area contributed by atoms with E-state index in [1.807, 2.05) is 4.90 Å². The molecule has 1 aliphatic heterocycles. The van der Waals surface area contributed by atoms with E-state index in [9.17, 15) is 22.4 Å². The van der Waals surface area contributed by atoms with Crippen molar-refractivity contribution in [1.29, 1.82) is 0 Å². The smallest absolute Gasteiger partial charge is 0.351 e. The lowest BCUT2D eigenvalue weighted by molar-refractivity contribution is -0.149. The van der Waals surface area contributed by atoms with Crippen molar-refractivity contribution in [2.75, 3.05) is 6.54 Å². The number of rotatable bonds is 4. The normalized spacial score (nSPS) is 27.9. The van der Waals surface area contributed by atoms with Crippen molar-refractivity contribution in [1.82, 2.24) is 10.2 Å². The van der Waals surface area contributed by atoms with E-state index in [0.29, 0.717) is 19.5 Å². The maximum absolute atomic E-state index is 12.9. The largest absolute Gasteiger partial charge is 0.393 e. The number of benzene rings is 1. The van der Waals surface area contributed by atoms with Crippen LogP contribution in [0.25, 0.3) is 0 Å². The number of nitrogens with zero attached hydrogens (tertiary/aromatic N) is 1. The van der Waals surface area contributed by atoms with Crippen LogP contribution in [0.3, 0.4) is 0 Å². The molecule has 23 heavy (non-hydrogen) atoms. The molecule has 1 aromatic carbocycles. The van der Waals surface area contributed by atoms with E-state index in [0.717, 1.165) is 12.0 Å². The summed E-state index contributed by atoms with van der Waals surface area (Å²) >= 11 is 0. The zero-order valence-corrected chi connectivity index (χ0v) is 12.4. The summed E-state index contributed by atoms with van der Waals surface area (Å²) in [4.78, 5) is 14.2. The Bertz CT molecular complexity index is 572. The Kier molecular flexibility index (Phi) is 4.31. The van der Waals surface area contributed by atoms with Crippen LogP contribution in [-0.2, 0) is 11.3 Å². The van der Waals surface area contributed by atoms with E-state index in [2.05, 4.69) is 5.32 Å². The monoisotopic (exact) mass is 330 g/mol. The van der Waals surface area contributed by atoms with Gasteiger partial charge in [0.05, 0.1) is 12.0 Å². The predicted octanol–water partition coefficient (Wildman–Crippen LogP) is 2.86. The summed E-state index contributed by atoms with van der Waals surface area (Å²) in [5.74, 6) is -2.06. The maximum Gasteiger partial charge on any atom is 0.393 e. The van der Waals surface area contributed by atoms with Crippen LogP contribution in [0.5, 0.6) is 0 Å². The Morgan fingerprint density at radius 3 is 2.57 bits per heavy atom. The van der Waals surface area contributed by atoms with Gasteiger partial charge in [0.1, 0.15) is 5.82 Å². The molecule has 1 aromatic rings. The number of amides is 1. The minimum absolute atomic E-state index is 0.0279. The number of hydrogen-bond donors (Lipinski definition) is 1. The fourth-order valence-corrected chi connectivity index (χ4v) is 3.13. The fourth-order valence-electron chi connectivity index (χ4n) is 3.13. The van der Waals surface area contributed by atoms with Gasteiger partial charge in [0.15, 0.2) is 0 Å². The van der Waals surface area contributed by atoms with Crippen molar-refractivity contribution in [3.63, 3.8) is 0 Å². The second kappa shape index (κ2) is 6.11. The highest BCUT2D eigenvalue weighted by Gasteiger charge is 2.56. The van der Waals surface area contributed by atoms with Gasteiger partial charge in [-0.2, -0.15) is 13.2 Å². The molecule has 0 spiro atoms. The van der Waals surface area contributed by atoms with Crippen LogP contribution in [0.4, 0.5) is 17.6 Å². The van der Waals surface area contributed by atoms with Gasteiger partial charge in [-0.25, -0.2) is 4.39 Å². The number of nitrogens with one attached hydrogen (secondary N) is 1. The molecule has 2 aliphatic rings. The number of alkyl halides is 3. The molecule has 1 amide bonds. The van der Waals surface area contributed by atoms with Gasteiger partial charge in [-0.1, -0.05) is 12.1 Å². The van der Waals surface area contributed by atoms with Gasteiger partial charge in [-0.15, -0.1) is 0 Å². The van der Waals surface area contributed by atoms with Crippen LogP contribution >= 0.6 is 0 Å². The first-order chi connectivity index (χ1) is 10.8. The van der Waals surface area contributed by atoms with Crippen LogP contribution in [0.2, 0.25) is 0 Å². The molecule has 3 atom stereocenters. The highest BCUT2D eigenvalue weighted by Crippen LogP contribution is 2.44. The lowest BCUT2D eigenvalue weighted by Crippen LogP contribution is -2.44. The summed E-state index contributed by atoms with van der Waals surface area (Å²) in [6.45, 7) is 1.20. The van der Waals surface area contributed by atoms with Gasteiger partial charge >= 0.3 is 6.18 Å². The Labute approximate surface area is 131 Å². The van der Waals surface area contributed by atoms with E-state index >= 15 is 0 Å². The van der Waals surface area contributed by atoms with Crippen LogP contribution in [-0.4, -0.2) is 35.6 Å². The van der Waals surface area contributed by atoms with E-state index in [4.69, 9.17) is 0 Å². The molecule has 1 saturated heterocycles. The lowest BCUT2D eigenvalue weighted by atomic mass is 10.1. The van der Waals surface area contributed by atoms with E-state index in [-0.39, 0.29) is 18.1 Å². The second-order valence-electron chi connectivity index (χ2n) is 6.25. The summed E-state index contributed by atoms with van der Waals surface area (Å²) < 4.78 is 50.5. The van der Waals surface area contributed by atoms with Crippen molar-refractivity contribution in [3.05, 3.63) is 35.6 Å². The Balaban J connectivity index is 1.56. The Morgan fingerprint density at radius 1 is 1.26 bits per heavy atom. The average Bonchev–Trinajstić information content (AvgIpc) is 3.10. The summed E-state index contributed by atoms with van der Waals surface area (Å²) in [6, 6.07) is 4.84. The van der Waals surface area contributed by atoms with Crippen LogP contribution < -0.4 is 5.32 Å². The van der Waals surface area contributed by atoms with Crippen LogP contribution in [0, 0.1) is 11.7 Å². The Hall–Kier alpha value is -1.63. The minimum Gasteiger partial charge on any atom is -0.351 e. The first-order valence-electron chi connectivity index (χ1n) is 7.70. The van der Waals surface area contributed by atoms with Gasteiger partial charge in [-0.3, -0.25) is 9.69 Å². The van der Waals surface area contributed by atoms with Crippen molar-refractivity contribution < 1.29 is 22.4 Å². The third kappa shape index (κ3) is 3.83. The van der Waals surface area contributed by atoms with E-state index in [1.54, 1.807) is 12.1 Å². The first-order valence-corrected chi connectivity index (χ1v) is 7.70. The van der Waals surface area contributed by atoms with E-state index in [1.165, 1.54) is 12.1 Å². The maximum atomic E-state index is 12.9. The molecule has 7 heteroatoms. The van der Waals surface area contributed by atoms with Crippen molar-refractivity contribution in [2.24, 2.45) is 5.92 Å². The van der Waals surface area contributed by atoms with E-state index < -0.39 is 24.2 Å². The fraction of sp³-hybridized carbons (Fsp3) is 0.562. The topological polar surface area (TPSA) is 32.3 Å². The Morgan fingerprint density at radius 2 is 1.96 bits per heavy atom. The van der Waals surface area contributed by atoms with Crippen molar-refractivity contribution in [3.8, 4) is 0 Å². The number of likely N-dealkylation sites (tertiary alicyclic amines) is 1. The van der Waals surface area contributed by atoms with Crippen molar-refractivity contribution >= 4 is 5.91 Å². The van der Waals surface area contributed by atoms with Gasteiger partial charge in [0.25, 0.3) is 0 Å². The minimum atomic E-state index is -4.23. The summed E-state index contributed by atoms with van der Waals surface area (Å²) in [5.41, 5.74) is 0.880. The molecule has 1 unspecified atom stereocenters. The molecule has 3 nitrogen and oxygen atoms in total. The number of hydrogen-bond acceptors (Lipinski definition) is 2. The molecular weight excluding hydrogens is 312 g/mol. The van der Waals surface area contributed by atoms with Gasteiger partial charge in [0, 0.05) is 12.6 Å². The number of carbonyl (C=O) groups is 1. The SMILES string of the molecule is O=C(N[C@@H]1C[C@H]1C(F)(F)F)C1CCCN1Cc1ccc(F)cc1. The second-order valence-corrected chi connectivity index (χ2v) is 6.25. The highest BCUT2D eigenvalue weighted by atomic mass is 19.4. The summed E-state index contributed by atoms with van der Waals surface area (Å²) in [5, 5.41) is 2.52. The third-order valence-corrected chi connectivity index (χ3v) is 4.50. The summed E-state index contributed by atoms with van der Waals surface area (Å²) in [7, 11) is 0. The zero-order chi connectivity index (χ0) is 16.6. The average molecular weight is 330 g/mol. The number of halogens is 4. The zero-order valence-electron chi connectivity index (χ0n) is 12.4. The molecule has 2 fully saturated rings. The molecule has 0 radical (unpaired) electrons. The third-order valence-electron chi connectivity index (χ3n) is 4.50. The number of carbonyl (C=O) groups excluding carboxylic acids is 1. The quantitative estimate of drug-likeness (QED) is 0.861. The van der Waals surface area contributed by atoms with Crippen LogP contribution in [0.1, 0.15) is 24.8 Å². The molecule has 0 bridgehead atoms. The predicted molar refractivity (Wildman–Crippen MR) is 75.9 cm³/mol. The molecule has 126 valence electrons. The molecule has 3 rings (SSSR count). The van der Waals surface area contributed by atoms with Crippen molar-refractivity contribution in [2.45, 2.75) is 44.1 Å². The molecular formula is C16H18F4N2O. The van der Waals surface area contributed by atoms with Gasteiger partial charge in [-0.05, 0) is 43.5 Å². The summed E-state index contributed by atoms with van der Waals surface area (Å²) in [6.07, 6.45) is -2.80. The molecule has 1 N–H and O–H groups in total. The standard InChI is InChI=1S/C16H18F4N2O/c17-11-5-3-10(4-6-11)9-22-7-1-2-14(22)15(23)21-13-8-12(13)16(18,19)20/h3-6,12-14H,1-2,7-9H2,(H,21,23)/t12-,13-,14?/m1/s1. The first kappa shape index (κ1) is 16.2. The molecule has 1 heterocycles. The molecule has 0 aromatic heterocycles. The van der Waals surface area contributed by atoms with Crippen LogP contribution in [0.15, 0.2) is 24.3 Å². The van der Waals surface area contributed by atoms with Gasteiger partial charge < -0.3 is 5.32 Å². The molecule has 1 saturated carbocycles. The van der Waals surface area contributed by atoms with Gasteiger partial charge in [0.2, 0.25) is 5.91 Å². The lowest BCUT2D eigenvalue weighted by Gasteiger charge is -2.24.